The highest BCUT2D eigenvalue weighted by atomic mass is 16.1. The average Bonchev–Trinajstić information content (AvgIpc) is 3.27. The number of rotatable bonds is 6. The highest BCUT2D eigenvalue weighted by molar-refractivity contribution is 5.79. The van der Waals surface area contributed by atoms with E-state index in [1.54, 1.807) is 0 Å². The first-order valence-corrected chi connectivity index (χ1v) is 11.0. The number of nitrogens with two attached hydrogens (primary N) is 1. The maximum Gasteiger partial charge on any atom is 0.224 e. The lowest BCUT2D eigenvalue weighted by molar-refractivity contribution is -0.133. The van der Waals surface area contributed by atoms with Crippen molar-refractivity contribution < 1.29 is 4.79 Å². The molecule has 2 bridgehead atoms. The molecule has 4 heterocycles. The Morgan fingerprint density at radius 1 is 1.16 bits per heavy atom. The SMILES string of the molecule is Nc1cccc(-c2cn(C[C@H]3CC4CCN3C[C@@H]4C(=O)NCc3ccccc3)nn2)c1. The first-order chi connectivity index (χ1) is 15.2. The zero-order valence-electron chi connectivity index (χ0n) is 17.5. The summed E-state index contributed by atoms with van der Waals surface area (Å²) < 4.78 is 1.92. The van der Waals surface area contributed by atoms with E-state index in [-0.39, 0.29) is 11.8 Å². The van der Waals surface area contributed by atoms with Gasteiger partial charge in [0.05, 0.1) is 18.7 Å². The normalized spacial score (nSPS) is 24.8. The van der Waals surface area contributed by atoms with Crippen molar-refractivity contribution in [3.8, 4) is 11.3 Å². The molecule has 6 rings (SSSR count). The smallest absolute Gasteiger partial charge is 0.224 e. The predicted octanol–water partition coefficient (Wildman–Crippen LogP) is 2.55. The number of hydrogen-bond acceptors (Lipinski definition) is 5. The van der Waals surface area contributed by atoms with Gasteiger partial charge in [-0.25, -0.2) is 0 Å². The van der Waals surface area contributed by atoms with Gasteiger partial charge in [-0.05, 0) is 43.0 Å². The zero-order chi connectivity index (χ0) is 21.2. The van der Waals surface area contributed by atoms with E-state index in [1.807, 2.05) is 65.5 Å². The Hall–Kier alpha value is -3.19. The fourth-order valence-corrected chi connectivity index (χ4v) is 4.98. The van der Waals surface area contributed by atoms with E-state index in [1.165, 1.54) is 0 Å². The number of benzene rings is 2. The summed E-state index contributed by atoms with van der Waals surface area (Å²) in [6, 6.07) is 18.2. The topological polar surface area (TPSA) is 89.1 Å². The number of piperidine rings is 3. The molecule has 0 radical (unpaired) electrons. The first-order valence-electron chi connectivity index (χ1n) is 11.0. The minimum atomic E-state index is 0.0762. The van der Waals surface area contributed by atoms with Crippen molar-refractivity contribution >= 4 is 11.6 Å². The Morgan fingerprint density at radius 3 is 2.81 bits per heavy atom. The van der Waals surface area contributed by atoms with Crippen LogP contribution < -0.4 is 11.1 Å². The van der Waals surface area contributed by atoms with Gasteiger partial charge in [0.1, 0.15) is 5.69 Å². The highest BCUT2D eigenvalue weighted by Crippen LogP contribution is 2.37. The van der Waals surface area contributed by atoms with Crippen LogP contribution in [-0.4, -0.2) is 44.9 Å². The first kappa shape index (κ1) is 19.8. The molecule has 1 amide bonds. The molecule has 0 aliphatic carbocycles. The van der Waals surface area contributed by atoms with Crippen molar-refractivity contribution in [3.05, 3.63) is 66.4 Å². The van der Waals surface area contributed by atoms with Crippen LogP contribution >= 0.6 is 0 Å². The van der Waals surface area contributed by atoms with Gasteiger partial charge in [-0.2, -0.15) is 0 Å². The molecule has 7 heteroatoms. The zero-order valence-corrected chi connectivity index (χ0v) is 17.5. The molecule has 3 N–H and O–H groups in total. The third-order valence-electron chi connectivity index (χ3n) is 6.64. The largest absolute Gasteiger partial charge is 0.399 e. The molecule has 1 aromatic heterocycles. The maximum atomic E-state index is 12.8. The molecule has 3 aliphatic rings. The van der Waals surface area contributed by atoms with E-state index in [4.69, 9.17) is 5.73 Å². The molecule has 0 spiro atoms. The van der Waals surface area contributed by atoms with Crippen LogP contribution in [0, 0.1) is 11.8 Å². The van der Waals surface area contributed by atoms with E-state index >= 15 is 0 Å². The van der Waals surface area contributed by atoms with Gasteiger partial charge in [0.15, 0.2) is 0 Å². The summed E-state index contributed by atoms with van der Waals surface area (Å²) >= 11 is 0. The Balaban J connectivity index is 1.19. The summed E-state index contributed by atoms with van der Waals surface area (Å²) in [7, 11) is 0. The summed E-state index contributed by atoms with van der Waals surface area (Å²) in [5, 5.41) is 11.8. The summed E-state index contributed by atoms with van der Waals surface area (Å²) in [6.45, 7) is 3.27. The highest BCUT2D eigenvalue weighted by Gasteiger charge is 2.43. The summed E-state index contributed by atoms with van der Waals surface area (Å²) in [5.41, 5.74) is 9.56. The van der Waals surface area contributed by atoms with Gasteiger partial charge in [0.25, 0.3) is 0 Å². The Labute approximate surface area is 182 Å². The lowest BCUT2D eigenvalue weighted by Gasteiger charge is -2.49. The molecule has 160 valence electrons. The minimum absolute atomic E-state index is 0.0762. The predicted molar refractivity (Wildman–Crippen MR) is 120 cm³/mol. The van der Waals surface area contributed by atoms with Crippen LogP contribution in [0.1, 0.15) is 18.4 Å². The van der Waals surface area contributed by atoms with Crippen LogP contribution in [0.25, 0.3) is 11.3 Å². The molecule has 31 heavy (non-hydrogen) atoms. The van der Waals surface area contributed by atoms with Crippen LogP contribution in [0.15, 0.2) is 60.8 Å². The van der Waals surface area contributed by atoms with E-state index in [9.17, 15) is 4.79 Å². The van der Waals surface area contributed by atoms with Gasteiger partial charge in [-0.15, -0.1) is 5.10 Å². The van der Waals surface area contributed by atoms with Gasteiger partial charge in [0, 0.05) is 30.4 Å². The molecule has 2 aromatic carbocycles. The van der Waals surface area contributed by atoms with Crippen molar-refractivity contribution in [1.82, 2.24) is 25.2 Å². The molecular weight excluding hydrogens is 388 g/mol. The molecule has 3 saturated heterocycles. The van der Waals surface area contributed by atoms with Crippen molar-refractivity contribution in [2.45, 2.75) is 32.0 Å². The van der Waals surface area contributed by atoms with Gasteiger partial charge >= 0.3 is 0 Å². The molecule has 0 saturated carbocycles. The molecule has 2 unspecified atom stereocenters. The molecule has 3 aliphatic heterocycles. The fourth-order valence-electron chi connectivity index (χ4n) is 4.98. The van der Waals surface area contributed by atoms with Crippen LogP contribution in [0.2, 0.25) is 0 Å². The summed E-state index contributed by atoms with van der Waals surface area (Å²) in [5.74, 6) is 0.691. The number of aromatic nitrogens is 3. The van der Waals surface area contributed by atoms with E-state index in [2.05, 4.69) is 20.5 Å². The lowest BCUT2D eigenvalue weighted by Crippen LogP contribution is -2.57. The molecule has 4 atom stereocenters. The van der Waals surface area contributed by atoms with Crippen molar-refractivity contribution in [2.75, 3.05) is 18.8 Å². The number of nitrogen functional groups attached to an aromatic ring is 1. The summed E-state index contributed by atoms with van der Waals surface area (Å²) in [4.78, 5) is 15.3. The van der Waals surface area contributed by atoms with Crippen LogP contribution in [0.5, 0.6) is 0 Å². The van der Waals surface area contributed by atoms with Crippen molar-refractivity contribution in [1.29, 1.82) is 0 Å². The molecule has 7 nitrogen and oxygen atoms in total. The minimum Gasteiger partial charge on any atom is -0.399 e. The van der Waals surface area contributed by atoms with E-state index in [0.29, 0.717) is 18.5 Å². The molecule has 3 aromatic rings. The van der Waals surface area contributed by atoms with Crippen molar-refractivity contribution in [3.63, 3.8) is 0 Å². The average molecular weight is 417 g/mol. The quantitative estimate of drug-likeness (QED) is 0.603. The van der Waals surface area contributed by atoms with Gasteiger partial charge < -0.3 is 11.1 Å². The van der Waals surface area contributed by atoms with Crippen LogP contribution in [0.3, 0.4) is 0 Å². The molecular formula is C24H28N6O. The number of amides is 1. The summed E-state index contributed by atoms with van der Waals surface area (Å²) in [6.07, 6.45) is 4.10. The van der Waals surface area contributed by atoms with Gasteiger partial charge in [-0.3, -0.25) is 14.4 Å². The Bertz CT molecular complexity index is 1050. The third-order valence-corrected chi connectivity index (χ3v) is 6.64. The fraction of sp³-hybridized carbons (Fsp3) is 0.375. The van der Waals surface area contributed by atoms with Gasteiger partial charge in [0.2, 0.25) is 5.91 Å². The van der Waals surface area contributed by atoms with E-state index < -0.39 is 0 Å². The second kappa shape index (κ2) is 8.51. The number of anilines is 1. The number of fused-ring (bicyclic) bond motifs is 3. The van der Waals surface area contributed by atoms with Crippen LogP contribution in [-0.2, 0) is 17.9 Å². The van der Waals surface area contributed by atoms with Crippen molar-refractivity contribution in [2.24, 2.45) is 11.8 Å². The lowest BCUT2D eigenvalue weighted by atomic mass is 9.75. The number of carbonyl (C=O) groups is 1. The number of nitrogens with zero attached hydrogens (tertiary/aromatic N) is 4. The Morgan fingerprint density at radius 2 is 2.03 bits per heavy atom. The third kappa shape index (κ3) is 4.32. The molecule has 3 fully saturated rings. The van der Waals surface area contributed by atoms with E-state index in [0.717, 1.165) is 55.0 Å². The second-order valence-corrected chi connectivity index (χ2v) is 8.69. The Kier molecular flexibility index (Phi) is 5.42. The number of carbonyl (C=O) groups excluding carboxylic acids is 1. The monoisotopic (exact) mass is 416 g/mol. The number of hydrogen-bond donors (Lipinski definition) is 2. The number of nitrogens with one attached hydrogen (secondary N) is 1. The van der Waals surface area contributed by atoms with Crippen LogP contribution in [0.4, 0.5) is 5.69 Å². The standard InChI is InChI=1S/C24H28N6O/c25-20-8-4-7-19(11-20)23-16-30(28-27-23)14-21-12-18-9-10-29(21)15-22(18)24(31)26-13-17-5-2-1-3-6-17/h1-8,11,16,18,21-22H,9-10,12-15,25H2,(H,26,31)/t18?,21-,22+/m1/s1. The second-order valence-electron chi connectivity index (χ2n) is 8.69. The maximum absolute atomic E-state index is 12.8. The van der Waals surface area contributed by atoms with Gasteiger partial charge in [-0.1, -0.05) is 47.7 Å².